The molecule has 1 N–H and O–H groups in total. The standard InChI is InChI=1S/C26H24N2O5/c1-4-33-20-9-5-8-19(14-20)28-23(18-7-6-12-27-15-18)22(25(30)26(28)31)24(29)17-10-11-21(32-3)16(2)13-17/h5-15,23,29H,4H2,1-3H3/b24-22+. The molecule has 33 heavy (non-hydrogen) atoms. The third-order valence-corrected chi connectivity index (χ3v) is 5.52. The number of aliphatic hydroxyl groups excluding tert-OH is 1. The molecule has 1 fully saturated rings. The van der Waals surface area contributed by atoms with Crippen LogP contribution in [0.3, 0.4) is 0 Å². The fourth-order valence-electron chi connectivity index (χ4n) is 4.02. The van der Waals surface area contributed by atoms with Crippen LogP contribution >= 0.6 is 0 Å². The van der Waals surface area contributed by atoms with Gasteiger partial charge in [0.2, 0.25) is 0 Å². The van der Waals surface area contributed by atoms with Gasteiger partial charge < -0.3 is 14.6 Å². The van der Waals surface area contributed by atoms with Gasteiger partial charge in [-0.25, -0.2) is 0 Å². The molecular weight excluding hydrogens is 420 g/mol. The van der Waals surface area contributed by atoms with E-state index in [1.54, 1.807) is 74.1 Å². The van der Waals surface area contributed by atoms with Crippen molar-refractivity contribution in [2.24, 2.45) is 0 Å². The Hall–Kier alpha value is -4.13. The Labute approximate surface area is 191 Å². The molecule has 1 saturated heterocycles. The highest BCUT2D eigenvalue weighted by atomic mass is 16.5. The van der Waals surface area contributed by atoms with Crippen LogP contribution in [0.4, 0.5) is 5.69 Å². The van der Waals surface area contributed by atoms with Crippen molar-refractivity contribution in [1.29, 1.82) is 0 Å². The van der Waals surface area contributed by atoms with Gasteiger partial charge in [0.1, 0.15) is 17.3 Å². The first-order valence-electron chi connectivity index (χ1n) is 10.5. The molecule has 7 heteroatoms. The van der Waals surface area contributed by atoms with E-state index in [4.69, 9.17) is 9.47 Å². The first kappa shape index (κ1) is 22.1. The van der Waals surface area contributed by atoms with Crippen LogP contribution in [-0.2, 0) is 9.59 Å². The summed E-state index contributed by atoms with van der Waals surface area (Å²) in [4.78, 5) is 32.0. The van der Waals surface area contributed by atoms with Crippen LogP contribution in [0.15, 0.2) is 72.6 Å². The van der Waals surface area contributed by atoms with Crippen LogP contribution in [0.2, 0.25) is 0 Å². The second-order valence-corrected chi connectivity index (χ2v) is 7.57. The van der Waals surface area contributed by atoms with Gasteiger partial charge in [-0.2, -0.15) is 0 Å². The number of Topliss-reactive ketones (excluding diaryl/α,β-unsaturated/α-hetero) is 1. The Morgan fingerprint density at radius 1 is 1.12 bits per heavy atom. The van der Waals surface area contributed by atoms with Crippen molar-refractivity contribution < 1.29 is 24.2 Å². The Morgan fingerprint density at radius 2 is 1.94 bits per heavy atom. The van der Waals surface area contributed by atoms with Gasteiger partial charge in [-0.05, 0) is 61.4 Å². The summed E-state index contributed by atoms with van der Waals surface area (Å²) in [6.45, 7) is 4.17. The van der Waals surface area contributed by atoms with Crippen molar-refractivity contribution in [2.45, 2.75) is 19.9 Å². The van der Waals surface area contributed by atoms with Crippen LogP contribution in [-0.4, -0.2) is 35.5 Å². The zero-order valence-electron chi connectivity index (χ0n) is 18.6. The zero-order valence-corrected chi connectivity index (χ0v) is 18.6. The monoisotopic (exact) mass is 444 g/mol. The number of ether oxygens (including phenoxy) is 2. The number of rotatable bonds is 6. The minimum absolute atomic E-state index is 0.000574. The Kier molecular flexibility index (Phi) is 6.13. The fourth-order valence-corrected chi connectivity index (χ4v) is 4.02. The number of hydrogen-bond donors (Lipinski definition) is 1. The van der Waals surface area contributed by atoms with E-state index in [-0.39, 0.29) is 11.3 Å². The lowest BCUT2D eigenvalue weighted by atomic mass is 9.95. The van der Waals surface area contributed by atoms with Gasteiger partial charge in [-0.15, -0.1) is 0 Å². The summed E-state index contributed by atoms with van der Waals surface area (Å²) in [6.07, 6.45) is 3.20. The molecule has 3 aromatic rings. The van der Waals surface area contributed by atoms with Gasteiger partial charge >= 0.3 is 0 Å². The molecule has 4 rings (SSSR count). The van der Waals surface area contributed by atoms with Crippen molar-refractivity contribution in [3.05, 3.63) is 89.3 Å². The van der Waals surface area contributed by atoms with Crippen LogP contribution in [0, 0.1) is 6.92 Å². The summed E-state index contributed by atoms with van der Waals surface area (Å²) >= 11 is 0. The highest BCUT2D eigenvalue weighted by molar-refractivity contribution is 6.51. The number of amides is 1. The van der Waals surface area contributed by atoms with Crippen LogP contribution in [0.25, 0.3) is 5.76 Å². The van der Waals surface area contributed by atoms with Crippen molar-refractivity contribution in [3.8, 4) is 11.5 Å². The van der Waals surface area contributed by atoms with E-state index in [1.165, 1.54) is 4.90 Å². The molecule has 168 valence electrons. The number of aromatic nitrogens is 1. The number of anilines is 1. The predicted molar refractivity (Wildman–Crippen MR) is 124 cm³/mol. The molecule has 0 bridgehead atoms. The number of carbonyl (C=O) groups is 2. The van der Waals surface area contributed by atoms with E-state index in [0.717, 1.165) is 5.56 Å². The molecule has 1 aliphatic rings. The average Bonchev–Trinajstić information content (AvgIpc) is 3.10. The number of aryl methyl sites for hydroxylation is 1. The quantitative estimate of drug-likeness (QED) is 0.344. The number of benzene rings is 2. The van der Waals surface area contributed by atoms with Gasteiger partial charge in [0, 0.05) is 29.7 Å². The molecule has 1 aliphatic heterocycles. The summed E-state index contributed by atoms with van der Waals surface area (Å²) in [7, 11) is 1.56. The summed E-state index contributed by atoms with van der Waals surface area (Å²) in [5.41, 5.74) is 2.30. The maximum absolute atomic E-state index is 13.2. The minimum atomic E-state index is -0.849. The fraction of sp³-hybridized carbons (Fsp3) is 0.192. The smallest absolute Gasteiger partial charge is 0.300 e. The number of pyridine rings is 1. The van der Waals surface area contributed by atoms with E-state index < -0.39 is 17.7 Å². The number of ketones is 1. The van der Waals surface area contributed by atoms with Crippen molar-refractivity contribution in [1.82, 2.24) is 4.98 Å². The molecule has 0 saturated carbocycles. The minimum Gasteiger partial charge on any atom is -0.507 e. The van der Waals surface area contributed by atoms with Gasteiger partial charge in [-0.3, -0.25) is 19.5 Å². The summed E-state index contributed by atoms with van der Waals surface area (Å²) in [5, 5.41) is 11.2. The Balaban J connectivity index is 1.91. The molecule has 1 atom stereocenters. The van der Waals surface area contributed by atoms with Gasteiger partial charge in [-0.1, -0.05) is 12.1 Å². The lowest BCUT2D eigenvalue weighted by Crippen LogP contribution is -2.29. The molecule has 1 aromatic heterocycles. The lowest BCUT2D eigenvalue weighted by molar-refractivity contribution is -0.132. The molecule has 7 nitrogen and oxygen atoms in total. The molecule has 1 unspecified atom stereocenters. The molecule has 0 radical (unpaired) electrons. The molecular formula is C26H24N2O5. The van der Waals surface area contributed by atoms with Gasteiger partial charge in [0.05, 0.1) is 25.3 Å². The van der Waals surface area contributed by atoms with E-state index in [1.807, 2.05) is 13.8 Å². The van der Waals surface area contributed by atoms with E-state index >= 15 is 0 Å². The Bertz CT molecular complexity index is 1240. The maximum atomic E-state index is 13.2. The maximum Gasteiger partial charge on any atom is 0.300 e. The first-order valence-corrected chi connectivity index (χ1v) is 10.5. The SMILES string of the molecule is CCOc1cccc(N2C(=O)C(=O)/C(=C(/O)c3ccc(OC)c(C)c3)C2c2cccnc2)c1. The molecule has 2 heterocycles. The van der Waals surface area contributed by atoms with Gasteiger partial charge in [0.15, 0.2) is 0 Å². The first-order chi connectivity index (χ1) is 16.0. The third kappa shape index (κ3) is 4.05. The lowest BCUT2D eigenvalue weighted by Gasteiger charge is -2.25. The van der Waals surface area contributed by atoms with Crippen LogP contribution in [0.5, 0.6) is 11.5 Å². The van der Waals surface area contributed by atoms with E-state index in [0.29, 0.717) is 34.9 Å². The normalized spacial score (nSPS) is 17.3. The van der Waals surface area contributed by atoms with Crippen LogP contribution in [0.1, 0.15) is 29.7 Å². The number of methoxy groups -OCH3 is 1. The summed E-state index contributed by atoms with van der Waals surface area (Å²) in [5.74, 6) is -0.520. The van der Waals surface area contributed by atoms with Crippen LogP contribution < -0.4 is 14.4 Å². The zero-order chi connectivity index (χ0) is 23.5. The number of carbonyl (C=O) groups excluding carboxylic acids is 2. The predicted octanol–water partition coefficient (Wildman–Crippen LogP) is 4.42. The second-order valence-electron chi connectivity index (χ2n) is 7.57. The summed E-state index contributed by atoms with van der Waals surface area (Å²) < 4.78 is 10.9. The third-order valence-electron chi connectivity index (χ3n) is 5.52. The topological polar surface area (TPSA) is 89.0 Å². The number of hydrogen-bond acceptors (Lipinski definition) is 6. The van der Waals surface area contributed by atoms with Crippen molar-refractivity contribution >= 4 is 23.1 Å². The number of aliphatic hydroxyl groups is 1. The highest BCUT2D eigenvalue weighted by Crippen LogP contribution is 2.42. The molecule has 0 aliphatic carbocycles. The van der Waals surface area contributed by atoms with E-state index in [9.17, 15) is 14.7 Å². The molecule has 2 aromatic carbocycles. The van der Waals surface area contributed by atoms with Gasteiger partial charge in [0.25, 0.3) is 11.7 Å². The number of nitrogens with zero attached hydrogens (tertiary/aromatic N) is 2. The highest BCUT2D eigenvalue weighted by Gasteiger charge is 2.47. The van der Waals surface area contributed by atoms with Crippen molar-refractivity contribution in [3.63, 3.8) is 0 Å². The molecule has 0 spiro atoms. The second kappa shape index (κ2) is 9.16. The summed E-state index contributed by atoms with van der Waals surface area (Å²) in [6, 6.07) is 14.7. The largest absolute Gasteiger partial charge is 0.507 e. The molecule has 1 amide bonds. The van der Waals surface area contributed by atoms with Crippen molar-refractivity contribution in [2.75, 3.05) is 18.6 Å². The van der Waals surface area contributed by atoms with E-state index in [2.05, 4.69) is 4.98 Å². The average molecular weight is 444 g/mol. The Morgan fingerprint density at radius 3 is 2.61 bits per heavy atom.